The standard InChI is InChI=1S/C18H20N4O4/c1-13-8-15(10-19-9-13)18(23)26-12-14-4-6-21(7-5-14)17-3-2-16(11-20-17)22(24)25/h2-3,8-11,14H,4-7,12H2,1H3. The fourth-order valence-electron chi connectivity index (χ4n) is 2.95. The topological polar surface area (TPSA) is 98.5 Å². The first-order valence-electron chi connectivity index (χ1n) is 8.47. The van der Waals surface area contributed by atoms with Crippen LogP contribution in [-0.2, 0) is 4.74 Å². The van der Waals surface area contributed by atoms with Crippen LogP contribution in [0, 0.1) is 23.0 Å². The van der Waals surface area contributed by atoms with Crippen molar-refractivity contribution in [3.63, 3.8) is 0 Å². The van der Waals surface area contributed by atoms with Crippen LogP contribution in [0.3, 0.4) is 0 Å². The lowest BCUT2D eigenvalue weighted by atomic mass is 9.98. The monoisotopic (exact) mass is 356 g/mol. The third kappa shape index (κ3) is 4.33. The van der Waals surface area contributed by atoms with Crippen LogP contribution in [0.4, 0.5) is 11.5 Å². The van der Waals surface area contributed by atoms with E-state index in [9.17, 15) is 14.9 Å². The van der Waals surface area contributed by atoms with Crippen molar-refractivity contribution in [2.45, 2.75) is 19.8 Å². The van der Waals surface area contributed by atoms with Crippen LogP contribution >= 0.6 is 0 Å². The molecule has 0 N–H and O–H groups in total. The molecule has 1 aliphatic heterocycles. The number of nitrogens with zero attached hydrogens (tertiary/aromatic N) is 4. The SMILES string of the molecule is Cc1cncc(C(=O)OCC2CCN(c3ccc([N+](=O)[O-])cn3)CC2)c1. The minimum Gasteiger partial charge on any atom is -0.462 e. The molecule has 0 unspecified atom stereocenters. The van der Waals surface area contributed by atoms with Gasteiger partial charge in [-0.05, 0) is 43.4 Å². The first-order valence-corrected chi connectivity index (χ1v) is 8.47. The molecule has 1 aliphatic rings. The number of rotatable bonds is 5. The third-order valence-corrected chi connectivity index (χ3v) is 4.44. The van der Waals surface area contributed by atoms with E-state index >= 15 is 0 Å². The Bertz CT molecular complexity index is 786. The van der Waals surface area contributed by atoms with Crippen LogP contribution < -0.4 is 4.90 Å². The number of ether oxygens (including phenoxy) is 1. The number of hydrogen-bond donors (Lipinski definition) is 0. The highest BCUT2D eigenvalue weighted by Crippen LogP contribution is 2.23. The maximum absolute atomic E-state index is 12.1. The number of aromatic nitrogens is 2. The number of carbonyl (C=O) groups excluding carboxylic acids is 1. The van der Waals surface area contributed by atoms with Gasteiger partial charge in [-0.3, -0.25) is 15.1 Å². The lowest BCUT2D eigenvalue weighted by molar-refractivity contribution is -0.385. The first kappa shape index (κ1) is 17.8. The first-order chi connectivity index (χ1) is 12.5. The van der Waals surface area contributed by atoms with E-state index in [-0.39, 0.29) is 11.7 Å². The average molecular weight is 356 g/mol. The lowest BCUT2D eigenvalue weighted by Crippen LogP contribution is -2.35. The zero-order chi connectivity index (χ0) is 18.5. The van der Waals surface area contributed by atoms with Crippen molar-refractivity contribution in [3.8, 4) is 0 Å². The second-order valence-corrected chi connectivity index (χ2v) is 6.41. The Kier molecular flexibility index (Phi) is 5.40. The van der Waals surface area contributed by atoms with Crippen molar-refractivity contribution in [3.05, 3.63) is 58.0 Å². The third-order valence-electron chi connectivity index (χ3n) is 4.44. The summed E-state index contributed by atoms with van der Waals surface area (Å²) in [5, 5.41) is 10.7. The Labute approximate surface area is 151 Å². The molecule has 8 heteroatoms. The summed E-state index contributed by atoms with van der Waals surface area (Å²) in [4.78, 5) is 32.6. The fraction of sp³-hybridized carbons (Fsp3) is 0.389. The number of esters is 1. The number of hydrogen-bond acceptors (Lipinski definition) is 7. The normalized spacial score (nSPS) is 14.9. The Morgan fingerprint density at radius 1 is 1.31 bits per heavy atom. The molecule has 136 valence electrons. The lowest BCUT2D eigenvalue weighted by Gasteiger charge is -2.32. The molecule has 3 rings (SSSR count). The number of nitro groups is 1. The average Bonchev–Trinajstić information content (AvgIpc) is 2.66. The van der Waals surface area contributed by atoms with E-state index < -0.39 is 4.92 Å². The molecule has 2 aromatic heterocycles. The molecule has 0 saturated carbocycles. The molecule has 0 atom stereocenters. The van der Waals surface area contributed by atoms with Gasteiger partial charge in [0.2, 0.25) is 0 Å². The van der Waals surface area contributed by atoms with E-state index in [0.717, 1.165) is 37.3 Å². The quantitative estimate of drug-likeness (QED) is 0.461. The Balaban J connectivity index is 1.48. The van der Waals surface area contributed by atoms with Gasteiger partial charge in [0.25, 0.3) is 5.69 Å². The predicted molar refractivity (Wildman–Crippen MR) is 95.1 cm³/mol. The van der Waals surface area contributed by atoms with Gasteiger partial charge >= 0.3 is 5.97 Å². The van der Waals surface area contributed by atoms with Crippen molar-refractivity contribution >= 4 is 17.5 Å². The van der Waals surface area contributed by atoms with E-state index in [1.54, 1.807) is 18.3 Å². The van der Waals surface area contributed by atoms with Gasteiger partial charge in [0.15, 0.2) is 0 Å². The van der Waals surface area contributed by atoms with Gasteiger partial charge in [0.05, 0.1) is 17.1 Å². The van der Waals surface area contributed by atoms with Gasteiger partial charge < -0.3 is 9.64 Å². The molecule has 8 nitrogen and oxygen atoms in total. The number of aryl methyl sites for hydroxylation is 1. The second kappa shape index (κ2) is 7.90. The van der Waals surface area contributed by atoms with Crippen LogP contribution in [0.25, 0.3) is 0 Å². The van der Waals surface area contributed by atoms with E-state index in [1.165, 1.54) is 18.5 Å². The van der Waals surface area contributed by atoms with Crippen LogP contribution in [0.1, 0.15) is 28.8 Å². The van der Waals surface area contributed by atoms with Gasteiger partial charge in [-0.1, -0.05) is 0 Å². The minimum absolute atomic E-state index is 0.0128. The van der Waals surface area contributed by atoms with Crippen LogP contribution in [0.15, 0.2) is 36.8 Å². The summed E-state index contributed by atoms with van der Waals surface area (Å²) < 4.78 is 5.42. The fourth-order valence-corrected chi connectivity index (χ4v) is 2.95. The van der Waals surface area contributed by atoms with Gasteiger partial charge in [-0.25, -0.2) is 9.78 Å². The number of pyridine rings is 2. The summed E-state index contributed by atoms with van der Waals surface area (Å²) in [5.74, 6) is 0.684. The summed E-state index contributed by atoms with van der Waals surface area (Å²) >= 11 is 0. The largest absolute Gasteiger partial charge is 0.462 e. The van der Waals surface area contributed by atoms with Crippen molar-refractivity contribution in [2.24, 2.45) is 5.92 Å². The molecule has 1 fully saturated rings. The zero-order valence-electron chi connectivity index (χ0n) is 14.5. The minimum atomic E-state index is -0.457. The summed E-state index contributed by atoms with van der Waals surface area (Å²) in [5.41, 5.74) is 1.38. The second-order valence-electron chi connectivity index (χ2n) is 6.41. The molecule has 0 amide bonds. The molecule has 0 radical (unpaired) electrons. The smallest absolute Gasteiger partial charge is 0.339 e. The number of anilines is 1. The van der Waals surface area contributed by atoms with Crippen molar-refractivity contribution in [1.82, 2.24) is 9.97 Å². The van der Waals surface area contributed by atoms with Crippen molar-refractivity contribution in [1.29, 1.82) is 0 Å². The van der Waals surface area contributed by atoms with Crippen molar-refractivity contribution in [2.75, 3.05) is 24.6 Å². The Morgan fingerprint density at radius 2 is 2.08 bits per heavy atom. The molecule has 0 bridgehead atoms. The van der Waals surface area contributed by atoms with Crippen LogP contribution in [0.2, 0.25) is 0 Å². The zero-order valence-corrected chi connectivity index (χ0v) is 14.5. The van der Waals surface area contributed by atoms with Crippen LogP contribution in [0.5, 0.6) is 0 Å². The number of carbonyl (C=O) groups is 1. The molecule has 1 saturated heterocycles. The molecule has 3 heterocycles. The Morgan fingerprint density at radius 3 is 2.69 bits per heavy atom. The van der Waals surface area contributed by atoms with E-state index in [0.29, 0.717) is 18.1 Å². The van der Waals surface area contributed by atoms with Gasteiger partial charge in [0, 0.05) is 31.5 Å². The molecule has 2 aromatic rings. The predicted octanol–water partition coefficient (Wildman–Crippen LogP) is 2.77. The molecular formula is C18H20N4O4. The summed E-state index contributed by atoms with van der Waals surface area (Å²) in [6.07, 6.45) is 6.23. The summed E-state index contributed by atoms with van der Waals surface area (Å²) in [6, 6.07) is 4.90. The van der Waals surface area contributed by atoms with Crippen molar-refractivity contribution < 1.29 is 14.5 Å². The van der Waals surface area contributed by atoms with Gasteiger partial charge in [-0.2, -0.15) is 0 Å². The highest BCUT2D eigenvalue weighted by atomic mass is 16.6. The highest BCUT2D eigenvalue weighted by molar-refractivity contribution is 5.89. The maximum Gasteiger partial charge on any atom is 0.339 e. The summed E-state index contributed by atoms with van der Waals surface area (Å²) in [6.45, 7) is 3.82. The van der Waals surface area contributed by atoms with Gasteiger partial charge in [-0.15, -0.1) is 0 Å². The molecular weight excluding hydrogens is 336 g/mol. The van der Waals surface area contributed by atoms with E-state index in [2.05, 4.69) is 14.9 Å². The highest BCUT2D eigenvalue weighted by Gasteiger charge is 2.22. The maximum atomic E-state index is 12.1. The Hall–Kier alpha value is -3.03. The number of piperidine rings is 1. The van der Waals surface area contributed by atoms with E-state index in [4.69, 9.17) is 4.74 Å². The summed E-state index contributed by atoms with van der Waals surface area (Å²) in [7, 11) is 0. The molecule has 0 spiro atoms. The van der Waals surface area contributed by atoms with E-state index in [1.807, 2.05) is 6.92 Å². The molecule has 26 heavy (non-hydrogen) atoms. The molecule has 0 aromatic carbocycles. The van der Waals surface area contributed by atoms with Gasteiger partial charge in [0.1, 0.15) is 12.0 Å². The van der Waals surface area contributed by atoms with Crippen LogP contribution in [-0.4, -0.2) is 40.6 Å². The molecule has 0 aliphatic carbocycles.